The molecule has 2 aliphatic rings. The highest BCUT2D eigenvalue weighted by Gasteiger charge is 2.60. The maximum atomic E-state index is 14.8. The van der Waals surface area contributed by atoms with Gasteiger partial charge in [-0.25, -0.2) is 36.3 Å². The van der Waals surface area contributed by atoms with Crippen molar-refractivity contribution < 1.29 is 35.9 Å². The minimum Gasteiger partial charge on any atom is -0.461 e. The molecule has 1 fully saturated rings. The normalized spacial score (nSPS) is 26.1. The molecular formula is C20H16F6N4O2. The molecule has 0 saturated heterocycles. The van der Waals surface area contributed by atoms with E-state index in [0.717, 1.165) is 18.2 Å². The minimum absolute atomic E-state index is 0.119. The molecule has 12 heteroatoms. The summed E-state index contributed by atoms with van der Waals surface area (Å²) in [7, 11) is 0. The second kappa shape index (κ2) is 7.68. The Labute approximate surface area is 177 Å². The molecule has 1 aliphatic heterocycles. The van der Waals surface area contributed by atoms with E-state index in [1.807, 2.05) is 0 Å². The van der Waals surface area contributed by atoms with E-state index in [1.54, 1.807) is 0 Å². The molecule has 1 aromatic carbocycles. The lowest BCUT2D eigenvalue weighted by atomic mass is 9.76. The molecule has 2 aromatic rings. The number of ether oxygens (including phenoxy) is 1. The highest BCUT2D eigenvalue weighted by atomic mass is 19.3. The van der Waals surface area contributed by atoms with Gasteiger partial charge in [0.05, 0.1) is 6.20 Å². The molecule has 0 spiro atoms. The molecule has 1 amide bonds. The molecule has 1 aliphatic carbocycles. The fourth-order valence-electron chi connectivity index (χ4n) is 4.20. The van der Waals surface area contributed by atoms with Gasteiger partial charge in [0.2, 0.25) is 0 Å². The van der Waals surface area contributed by atoms with Crippen LogP contribution in [-0.4, -0.2) is 35.6 Å². The van der Waals surface area contributed by atoms with Crippen LogP contribution in [0.5, 0.6) is 0 Å². The summed E-state index contributed by atoms with van der Waals surface area (Å²) in [4.78, 5) is 19.6. The van der Waals surface area contributed by atoms with Gasteiger partial charge in [-0.05, 0) is 18.2 Å². The SMILES string of the molecule is NC1=N[C@](CF)(c2cc(NC(=O)c3ncc(F)cc3F)ccc2F)[C@H]2CC(F)(F)C[C@H]2O1. The van der Waals surface area contributed by atoms with Crippen LogP contribution in [0, 0.1) is 23.4 Å². The van der Waals surface area contributed by atoms with Gasteiger partial charge < -0.3 is 15.8 Å². The number of alkyl halides is 3. The van der Waals surface area contributed by atoms with Crippen LogP contribution in [0.2, 0.25) is 0 Å². The number of amidine groups is 1. The number of nitrogens with two attached hydrogens (primary N) is 1. The van der Waals surface area contributed by atoms with Crippen LogP contribution in [-0.2, 0) is 10.3 Å². The Balaban J connectivity index is 1.73. The number of nitrogens with zero attached hydrogens (tertiary/aromatic N) is 2. The van der Waals surface area contributed by atoms with Gasteiger partial charge in [0, 0.05) is 36.1 Å². The van der Waals surface area contributed by atoms with Crippen LogP contribution in [0.15, 0.2) is 35.5 Å². The maximum Gasteiger partial charge on any atom is 0.283 e. The Hall–Kier alpha value is -3.31. The van der Waals surface area contributed by atoms with Crippen molar-refractivity contribution >= 4 is 17.6 Å². The second-order valence-corrected chi connectivity index (χ2v) is 7.67. The molecule has 4 rings (SSSR count). The van der Waals surface area contributed by atoms with Crippen LogP contribution in [0.25, 0.3) is 0 Å². The number of nitrogens with one attached hydrogen (secondary N) is 1. The van der Waals surface area contributed by atoms with E-state index in [0.29, 0.717) is 12.3 Å². The third kappa shape index (κ3) is 3.73. The zero-order chi connectivity index (χ0) is 23.3. The van der Waals surface area contributed by atoms with E-state index in [4.69, 9.17) is 10.5 Å². The van der Waals surface area contributed by atoms with Crippen molar-refractivity contribution in [2.45, 2.75) is 30.4 Å². The van der Waals surface area contributed by atoms with E-state index in [-0.39, 0.29) is 5.69 Å². The number of hydrogen-bond donors (Lipinski definition) is 2. The Morgan fingerprint density at radius 2 is 1.94 bits per heavy atom. The van der Waals surface area contributed by atoms with Crippen molar-refractivity contribution in [3.05, 3.63) is 59.2 Å². The van der Waals surface area contributed by atoms with Gasteiger partial charge in [-0.3, -0.25) is 4.79 Å². The van der Waals surface area contributed by atoms with Crippen LogP contribution >= 0.6 is 0 Å². The minimum atomic E-state index is -3.19. The van der Waals surface area contributed by atoms with Gasteiger partial charge >= 0.3 is 0 Å². The first kappa shape index (κ1) is 21.9. The fourth-order valence-corrected chi connectivity index (χ4v) is 4.20. The first-order chi connectivity index (χ1) is 15.0. The smallest absolute Gasteiger partial charge is 0.283 e. The van der Waals surface area contributed by atoms with Gasteiger partial charge in [0.15, 0.2) is 11.5 Å². The number of aliphatic imine (C=N–C) groups is 1. The number of carbonyl (C=O) groups excluding carboxylic acids is 1. The average Bonchev–Trinajstić information content (AvgIpc) is 3.02. The Bertz CT molecular complexity index is 1110. The van der Waals surface area contributed by atoms with Crippen LogP contribution in [0.4, 0.5) is 32.0 Å². The Morgan fingerprint density at radius 3 is 2.62 bits per heavy atom. The topological polar surface area (TPSA) is 89.6 Å². The standard InChI is InChI=1S/C20H16F6N4O2/c21-8-20(12-5-19(25,26)6-15(12)32-18(27)30-20)11-4-10(1-2-13(11)23)29-17(31)16-14(24)3-9(22)7-28-16/h1-4,7,12,15H,5-6,8H2,(H2,27,30)(H,29,31)/t12-,15+,20+/m0/s1. The van der Waals surface area contributed by atoms with Gasteiger partial charge in [-0.1, -0.05) is 0 Å². The number of pyridine rings is 1. The molecule has 170 valence electrons. The van der Waals surface area contributed by atoms with E-state index < -0.39 is 83.6 Å². The zero-order valence-corrected chi connectivity index (χ0v) is 16.2. The molecular weight excluding hydrogens is 442 g/mol. The molecule has 32 heavy (non-hydrogen) atoms. The first-order valence-corrected chi connectivity index (χ1v) is 9.43. The summed E-state index contributed by atoms with van der Waals surface area (Å²) in [6.45, 7) is -1.36. The maximum absolute atomic E-state index is 14.8. The molecule has 0 unspecified atom stereocenters. The summed E-state index contributed by atoms with van der Waals surface area (Å²) in [5.74, 6) is -8.71. The Morgan fingerprint density at radius 1 is 1.19 bits per heavy atom. The van der Waals surface area contributed by atoms with E-state index in [1.165, 1.54) is 0 Å². The van der Waals surface area contributed by atoms with Crippen molar-refractivity contribution in [3.63, 3.8) is 0 Å². The molecule has 1 aromatic heterocycles. The van der Waals surface area contributed by atoms with Crippen LogP contribution in [0.1, 0.15) is 28.9 Å². The molecule has 6 nitrogen and oxygen atoms in total. The molecule has 3 N–H and O–H groups in total. The number of anilines is 1. The molecule has 3 atom stereocenters. The second-order valence-electron chi connectivity index (χ2n) is 7.67. The number of carbonyl (C=O) groups is 1. The van der Waals surface area contributed by atoms with Crippen molar-refractivity contribution in [1.29, 1.82) is 0 Å². The highest BCUT2D eigenvalue weighted by molar-refractivity contribution is 6.03. The average molecular weight is 458 g/mol. The monoisotopic (exact) mass is 458 g/mol. The van der Waals surface area contributed by atoms with E-state index in [2.05, 4.69) is 15.3 Å². The lowest BCUT2D eigenvalue weighted by molar-refractivity contribution is -0.00299. The molecule has 1 saturated carbocycles. The van der Waals surface area contributed by atoms with Crippen LogP contribution in [0.3, 0.4) is 0 Å². The van der Waals surface area contributed by atoms with Gasteiger partial charge in [0.25, 0.3) is 17.9 Å². The fraction of sp³-hybridized carbons (Fsp3) is 0.350. The zero-order valence-electron chi connectivity index (χ0n) is 16.2. The predicted molar refractivity (Wildman–Crippen MR) is 100 cm³/mol. The molecule has 2 heterocycles. The Kier molecular flexibility index (Phi) is 5.25. The number of rotatable bonds is 4. The quantitative estimate of drug-likeness (QED) is 0.685. The number of benzene rings is 1. The number of hydrogen-bond acceptors (Lipinski definition) is 5. The number of fused-ring (bicyclic) bond motifs is 1. The van der Waals surface area contributed by atoms with Gasteiger partial charge in [0.1, 0.15) is 30.0 Å². The van der Waals surface area contributed by atoms with E-state index in [9.17, 15) is 31.1 Å². The van der Waals surface area contributed by atoms with Crippen LogP contribution < -0.4 is 11.1 Å². The molecule has 0 radical (unpaired) electrons. The summed E-state index contributed by atoms with van der Waals surface area (Å²) < 4.78 is 89.3. The summed E-state index contributed by atoms with van der Waals surface area (Å²) in [5.41, 5.74) is 2.19. The van der Waals surface area contributed by atoms with Gasteiger partial charge in [-0.2, -0.15) is 0 Å². The lowest BCUT2D eigenvalue weighted by Gasteiger charge is -2.40. The lowest BCUT2D eigenvalue weighted by Crippen LogP contribution is -2.48. The van der Waals surface area contributed by atoms with Crippen molar-refractivity contribution in [3.8, 4) is 0 Å². The third-order valence-electron chi connectivity index (χ3n) is 5.58. The first-order valence-electron chi connectivity index (χ1n) is 9.43. The van der Waals surface area contributed by atoms with Crippen molar-refractivity contribution in [1.82, 2.24) is 4.98 Å². The van der Waals surface area contributed by atoms with E-state index >= 15 is 0 Å². The summed E-state index contributed by atoms with van der Waals surface area (Å²) in [6.07, 6.45) is -2.09. The van der Waals surface area contributed by atoms with Gasteiger partial charge in [-0.15, -0.1) is 0 Å². The highest BCUT2D eigenvalue weighted by Crippen LogP contribution is 2.53. The predicted octanol–water partition coefficient (Wildman–Crippen LogP) is 3.67. The van der Waals surface area contributed by atoms with Crippen molar-refractivity contribution in [2.75, 3.05) is 12.0 Å². The summed E-state index contributed by atoms with van der Waals surface area (Å²) in [5, 5.41) is 2.24. The number of halogens is 6. The number of amides is 1. The summed E-state index contributed by atoms with van der Waals surface area (Å²) >= 11 is 0. The third-order valence-corrected chi connectivity index (χ3v) is 5.58. The molecule has 0 bridgehead atoms. The largest absolute Gasteiger partial charge is 0.461 e. The summed E-state index contributed by atoms with van der Waals surface area (Å²) in [6, 6.07) is 2.87. The number of aromatic nitrogens is 1. The van der Waals surface area contributed by atoms with Crippen molar-refractivity contribution in [2.24, 2.45) is 16.6 Å².